The van der Waals surface area contributed by atoms with E-state index in [0.29, 0.717) is 34.7 Å². The Balaban J connectivity index is 1.45. The monoisotopic (exact) mass is 370 g/mol. The fraction of sp³-hybridized carbons (Fsp3) is 0.278. The molecule has 1 saturated heterocycles. The molecule has 3 N–H and O–H groups in total. The first-order valence-electron chi connectivity index (χ1n) is 8.46. The number of benzene rings is 1. The molecular formula is C18H18N4O3S. The van der Waals surface area contributed by atoms with Crippen molar-refractivity contribution in [3.05, 3.63) is 51.1 Å². The molecule has 134 valence electrons. The number of hydrogen-bond acceptors (Lipinski definition) is 4. The van der Waals surface area contributed by atoms with E-state index in [2.05, 4.69) is 15.3 Å². The first-order valence-corrected chi connectivity index (χ1v) is 9.34. The molecule has 8 heteroatoms. The van der Waals surface area contributed by atoms with Gasteiger partial charge in [0.1, 0.15) is 0 Å². The number of carbonyl (C=O) groups is 2. The Morgan fingerprint density at radius 1 is 1.19 bits per heavy atom. The maximum Gasteiger partial charge on any atom is 0.323 e. The van der Waals surface area contributed by atoms with E-state index in [0.717, 1.165) is 12.8 Å². The van der Waals surface area contributed by atoms with Crippen molar-refractivity contribution in [2.24, 2.45) is 5.92 Å². The number of rotatable bonds is 3. The van der Waals surface area contributed by atoms with Gasteiger partial charge in [-0.05, 0) is 42.5 Å². The van der Waals surface area contributed by atoms with Crippen molar-refractivity contribution in [1.29, 1.82) is 0 Å². The molecule has 1 aliphatic heterocycles. The molecule has 1 aromatic carbocycles. The van der Waals surface area contributed by atoms with Gasteiger partial charge < -0.3 is 20.2 Å². The number of fused-ring (bicyclic) bond motifs is 1. The molecule has 2 aromatic heterocycles. The first kappa shape index (κ1) is 16.6. The molecular weight excluding hydrogens is 352 g/mol. The third kappa shape index (κ3) is 3.28. The highest BCUT2D eigenvalue weighted by molar-refractivity contribution is 7.12. The van der Waals surface area contributed by atoms with Crippen LogP contribution in [0.15, 0.2) is 40.5 Å². The van der Waals surface area contributed by atoms with Crippen molar-refractivity contribution in [3.63, 3.8) is 0 Å². The van der Waals surface area contributed by atoms with Gasteiger partial charge in [0.25, 0.3) is 5.91 Å². The van der Waals surface area contributed by atoms with Crippen molar-refractivity contribution >= 4 is 39.9 Å². The highest BCUT2D eigenvalue weighted by Crippen LogP contribution is 2.22. The summed E-state index contributed by atoms with van der Waals surface area (Å²) < 4.78 is 0. The van der Waals surface area contributed by atoms with Gasteiger partial charge >= 0.3 is 5.69 Å². The maximum atomic E-state index is 12.6. The standard InChI is InChI=1S/C18H18N4O3S/c23-16(19-12-5-6-13-14(9-12)21-18(25)20-13)11-3-1-7-22(10-11)17(24)15-4-2-8-26-15/h2,4-6,8-9,11H,1,3,7,10H2,(H,19,23)(H2,20,21,25). The molecule has 26 heavy (non-hydrogen) atoms. The summed E-state index contributed by atoms with van der Waals surface area (Å²) >= 11 is 1.42. The lowest BCUT2D eigenvalue weighted by molar-refractivity contribution is -0.121. The number of nitrogens with zero attached hydrogens (tertiary/aromatic N) is 1. The number of imidazole rings is 1. The molecule has 1 aliphatic rings. The van der Waals surface area contributed by atoms with Crippen molar-refractivity contribution in [3.8, 4) is 0 Å². The summed E-state index contributed by atoms with van der Waals surface area (Å²) in [5.41, 5.74) is 1.68. The Morgan fingerprint density at radius 2 is 2.04 bits per heavy atom. The second-order valence-electron chi connectivity index (χ2n) is 6.40. The lowest BCUT2D eigenvalue weighted by Gasteiger charge is -2.31. The van der Waals surface area contributed by atoms with Crippen LogP contribution >= 0.6 is 11.3 Å². The lowest BCUT2D eigenvalue weighted by Crippen LogP contribution is -2.43. The van der Waals surface area contributed by atoms with Crippen molar-refractivity contribution in [2.75, 3.05) is 18.4 Å². The van der Waals surface area contributed by atoms with Crippen LogP contribution in [0.2, 0.25) is 0 Å². The number of amides is 2. The number of likely N-dealkylation sites (tertiary alicyclic amines) is 1. The maximum absolute atomic E-state index is 12.6. The molecule has 1 unspecified atom stereocenters. The molecule has 0 spiro atoms. The van der Waals surface area contributed by atoms with Gasteiger partial charge in [-0.15, -0.1) is 11.3 Å². The lowest BCUT2D eigenvalue weighted by atomic mass is 9.97. The summed E-state index contributed by atoms with van der Waals surface area (Å²) in [5.74, 6) is -0.358. The van der Waals surface area contributed by atoms with Crippen LogP contribution in [0.3, 0.4) is 0 Å². The smallest absolute Gasteiger partial charge is 0.323 e. The minimum atomic E-state index is -0.279. The van der Waals surface area contributed by atoms with Crippen molar-refractivity contribution < 1.29 is 9.59 Å². The fourth-order valence-corrected chi connectivity index (χ4v) is 3.98. The highest BCUT2D eigenvalue weighted by Gasteiger charge is 2.29. The summed E-state index contributed by atoms with van der Waals surface area (Å²) in [6.45, 7) is 1.10. The SMILES string of the molecule is O=C(Nc1ccc2[nH]c(=O)[nH]c2c1)C1CCCN(C(=O)c2cccs2)C1. The minimum absolute atomic E-state index is 0.0104. The Bertz CT molecular complexity index is 1010. The molecule has 0 bridgehead atoms. The fourth-order valence-electron chi connectivity index (χ4n) is 3.29. The summed E-state index contributed by atoms with van der Waals surface area (Å²) in [5, 5.41) is 4.77. The Kier molecular flexibility index (Phi) is 4.34. The summed E-state index contributed by atoms with van der Waals surface area (Å²) in [6.07, 6.45) is 1.56. The number of aromatic amines is 2. The zero-order valence-electron chi connectivity index (χ0n) is 14.0. The molecule has 7 nitrogen and oxygen atoms in total. The van der Waals surface area contributed by atoms with E-state index in [1.807, 2.05) is 17.5 Å². The van der Waals surface area contributed by atoms with Crippen molar-refractivity contribution in [1.82, 2.24) is 14.9 Å². The molecule has 1 fully saturated rings. The zero-order chi connectivity index (χ0) is 18.1. The normalized spacial score (nSPS) is 17.4. The Hall–Kier alpha value is -2.87. The average molecular weight is 370 g/mol. The van der Waals surface area contributed by atoms with Gasteiger partial charge in [-0.2, -0.15) is 0 Å². The van der Waals surface area contributed by atoms with E-state index >= 15 is 0 Å². The quantitative estimate of drug-likeness (QED) is 0.660. The Morgan fingerprint density at radius 3 is 2.85 bits per heavy atom. The van der Waals surface area contributed by atoms with E-state index in [9.17, 15) is 14.4 Å². The molecule has 4 rings (SSSR count). The van der Waals surface area contributed by atoms with Crippen LogP contribution < -0.4 is 11.0 Å². The van der Waals surface area contributed by atoms with Gasteiger partial charge in [0.2, 0.25) is 5.91 Å². The molecule has 0 aliphatic carbocycles. The van der Waals surface area contributed by atoms with Crippen LogP contribution in [0, 0.1) is 5.92 Å². The molecule has 2 amide bonds. The van der Waals surface area contributed by atoms with Crippen molar-refractivity contribution in [2.45, 2.75) is 12.8 Å². The second-order valence-corrected chi connectivity index (χ2v) is 7.34. The van der Waals surface area contributed by atoms with Crippen LogP contribution in [-0.4, -0.2) is 39.8 Å². The number of aromatic nitrogens is 2. The minimum Gasteiger partial charge on any atom is -0.337 e. The van der Waals surface area contributed by atoms with Gasteiger partial charge in [0, 0.05) is 18.8 Å². The predicted molar refractivity (Wildman–Crippen MR) is 100 cm³/mol. The van der Waals surface area contributed by atoms with E-state index in [4.69, 9.17) is 0 Å². The molecule has 0 saturated carbocycles. The Labute approximate surface area is 153 Å². The topological polar surface area (TPSA) is 98.1 Å². The number of hydrogen-bond donors (Lipinski definition) is 3. The molecule has 3 aromatic rings. The molecule has 3 heterocycles. The van der Waals surface area contributed by atoms with Gasteiger partial charge in [-0.1, -0.05) is 6.07 Å². The predicted octanol–water partition coefficient (Wildman–Crippen LogP) is 2.41. The highest BCUT2D eigenvalue weighted by atomic mass is 32.1. The van der Waals surface area contributed by atoms with E-state index in [1.165, 1.54) is 11.3 Å². The number of thiophene rings is 1. The van der Waals surface area contributed by atoms with Gasteiger partial charge in [-0.25, -0.2) is 4.79 Å². The summed E-state index contributed by atoms with van der Waals surface area (Å²) in [6, 6.07) is 8.89. The van der Waals surface area contributed by atoms with Crippen LogP contribution in [0.1, 0.15) is 22.5 Å². The summed E-state index contributed by atoms with van der Waals surface area (Å²) in [7, 11) is 0. The van der Waals surface area contributed by atoms with E-state index in [1.54, 1.807) is 23.1 Å². The van der Waals surface area contributed by atoms with Gasteiger partial charge in [-0.3, -0.25) is 9.59 Å². The van der Waals surface area contributed by atoms with Gasteiger partial charge in [0.15, 0.2) is 0 Å². The number of anilines is 1. The molecule has 1 atom stereocenters. The van der Waals surface area contributed by atoms with Crippen LogP contribution in [-0.2, 0) is 4.79 Å². The van der Waals surface area contributed by atoms with Crippen LogP contribution in [0.5, 0.6) is 0 Å². The number of nitrogens with one attached hydrogen (secondary N) is 3. The number of piperidine rings is 1. The first-order chi connectivity index (χ1) is 12.6. The number of H-pyrrole nitrogens is 2. The third-order valence-corrected chi connectivity index (χ3v) is 5.45. The largest absolute Gasteiger partial charge is 0.337 e. The third-order valence-electron chi connectivity index (χ3n) is 4.59. The van der Waals surface area contributed by atoms with E-state index in [-0.39, 0.29) is 23.4 Å². The van der Waals surface area contributed by atoms with Gasteiger partial charge in [0.05, 0.1) is 21.8 Å². The van der Waals surface area contributed by atoms with Crippen LogP contribution in [0.4, 0.5) is 5.69 Å². The average Bonchev–Trinajstić information content (AvgIpc) is 3.29. The van der Waals surface area contributed by atoms with Crippen LogP contribution in [0.25, 0.3) is 11.0 Å². The van der Waals surface area contributed by atoms with E-state index < -0.39 is 0 Å². The zero-order valence-corrected chi connectivity index (χ0v) is 14.8. The summed E-state index contributed by atoms with van der Waals surface area (Å²) in [4.78, 5) is 44.3. The number of carbonyl (C=O) groups excluding carboxylic acids is 2. The molecule has 0 radical (unpaired) electrons. The second kappa shape index (κ2) is 6.80.